The second-order valence-electron chi connectivity index (χ2n) is 4.90. The summed E-state index contributed by atoms with van der Waals surface area (Å²) in [5.41, 5.74) is 5.55. The van der Waals surface area contributed by atoms with Gasteiger partial charge in [-0.2, -0.15) is 0 Å². The Kier molecular flexibility index (Phi) is 4.85. The van der Waals surface area contributed by atoms with E-state index in [1.165, 1.54) is 18.2 Å². The summed E-state index contributed by atoms with van der Waals surface area (Å²) in [4.78, 5) is 0.0531. The van der Waals surface area contributed by atoms with Crippen LogP contribution in [0.3, 0.4) is 0 Å². The molecular formula is C13H20N2O4S. The first-order chi connectivity index (χ1) is 9.49. The average molecular weight is 300 g/mol. The molecule has 6 nitrogen and oxygen atoms in total. The van der Waals surface area contributed by atoms with Crippen LogP contribution in [-0.4, -0.2) is 32.8 Å². The van der Waals surface area contributed by atoms with Crippen LogP contribution >= 0.6 is 0 Å². The fourth-order valence-corrected chi connectivity index (χ4v) is 3.26. The molecule has 7 heteroatoms. The van der Waals surface area contributed by atoms with E-state index in [4.69, 9.17) is 10.5 Å². The number of benzene rings is 1. The van der Waals surface area contributed by atoms with Gasteiger partial charge in [0.15, 0.2) is 0 Å². The maximum atomic E-state index is 12.0. The first kappa shape index (κ1) is 15.1. The number of phenols is 1. The number of phenolic OH excluding ortho intramolecular Hbond substituents is 1. The lowest BCUT2D eigenvalue weighted by Gasteiger charge is -2.22. The molecule has 1 aliphatic rings. The summed E-state index contributed by atoms with van der Waals surface area (Å²) in [5, 5.41) is 9.30. The highest BCUT2D eigenvalue weighted by Gasteiger charge is 2.17. The van der Waals surface area contributed by atoms with E-state index in [-0.39, 0.29) is 22.4 Å². The van der Waals surface area contributed by atoms with Gasteiger partial charge in [-0.05, 0) is 43.9 Å². The number of sulfonamides is 1. The van der Waals surface area contributed by atoms with Crippen molar-refractivity contribution < 1.29 is 18.3 Å². The molecule has 1 aliphatic heterocycles. The Morgan fingerprint density at radius 2 is 2.20 bits per heavy atom. The molecule has 1 heterocycles. The lowest BCUT2D eigenvalue weighted by atomic mass is 10.1. The molecule has 1 atom stereocenters. The smallest absolute Gasteiger partial charge is 0.240 e. The maximum Gasteiger partial charge on any atom is 0.240 e. The second kappa shape index (κ2) is 6.43. The van der Waals surface area contributed by atoms with E-state index in [2.05, 4.69) is 4.72 Å². The van der Waals surface area contributed by atoms with Crippen molar-refractivity contribution in [2.24, 2.45) is 0 Å². The van der Waals surface area contributed by atoms with E-state index >= 15 is 0 Å². The van der Waals surface area contributed by atoms with Gasteiger partial charge < -0.3 is 15.6 Å². The molecule has 0 saturated carbocycles. The van der Waals surface area contributed by atoms with Crippen LogP contribution in [0.25, 0.3) is 0 Å². The Morgan fingerprint density at radius 3 is 2.85 bits per heavy atom. The first-order valence-corrected chi connectivity index (χ1v) is 8.17. The van der Waals surface area contributed by atoms with Crippen LogP contribution in [0.2, 0.25) is 0 Å². The molecular weight excluding hydrogens is 280 g/mol. The molecule has 0 aromatic heterocycles. The minimum atomic E-state index is -3.60. The number of ether oxygens (including phenoxy) is 1. The van der Waals surface area contributed by atoms with Gasteiger partial charge in [0.05, 0.1) is 16.7 Å². The highest BCUT2D eigenvalue weighted by atomic mass is 32.2. The van der Waals surface area contributed by atoms with Crippen molar-refractivity contribution >= 4 is 15.7 Å². The van der Waals surface area contributed by atoms with Gasteiger partial charge in [-0.25, -0.2) is 13.1 Å². The van der Waals surface area contributed by atoms with Crippen molar-refractivity contribution in [3.8, 4) is 5.75 Å². The molecule has 0 aliphatic carbocycles. The summed E-state index contributed by atoms with van der Waals surface area (Å²) in [6.07, 6.45) is 3.98. The predicted octanol–water partition coefficient (Wildman–Crippen LogP) is 1.21. The lowest BCUT2D eigenvalue weighted by Crippen LogP contribution is -2.29. The molecule has 1 saturated heterocycles. The van der Waals surface area contributed by atoms with Crippen molar-refractivity contribution in [2.75, 3.05) is 18.9 Å². The summed E-state index contributed by atoms with van der Waals surface area (Å²) in [6.45, 7) is 1.08. The molecule has 4 N–H and O–H groups in total. The zero-order valence-corrected chi connectivity index (χ0v) is 12.0. The summed E-state index contributed by atoms with van der Waals surface area (Å²) in [7, 11) is -3.60. The molecule has 0 radical (unpaired) electrons. The molecule has 2 rings (SSSR count). The Bertz CT molecular complexity index is 553. The van der Waals surface area contributed by atoms with Crippen LogP contribution in [0, 0.1) is 0 Å². The van der Waals surface area contributed by atoms with Gasteiger partial charge in [-0.1, -0.05) is 0 Å². The molecule has 20 heavy (non-hydrogen) atoms. The quantitative estimate of drug-likeness (QED) is 0.560. The summed E-state index contributed by atoms with van der Waals surface area (Å²) in [5.74, 6) is -0.125. The standard InChI is InChI=1S/C13H20N2O4S/c14-12-9-11(4-5-13(12)16)20(17,18)15-7-6-10-3-1-2-8-19-10/h4-5,9-10,15-16H,1-3,6-8,14H2. The highest BCUT2D eigenvalue weighted by molar-refractivity contribution is 7.89. The number of hydrogen-bond acceptors (Lipinski definition) is 5. The molecule has 0 bridgehead atoms. The summed E-state index contributed by atoms with van der Waals surface area (Å²) < 4.78 is 32.2. The third kappa shape index (κ3) is 3.84. The minimum Gasteiger partial charge on any atom is -0.506 e. The fraction of sp³-hybridized carbons (Fsp3) is 0.538. The van der Waals surface area contributed by atoms with Gasteiger partial charge in [-0.3, -0.25) is 0 Å². The number of rotatable bonds is 5. The Morgan fingerprint density at radius 1 is 1.40 bits per heavy atom. The van der Waals surface area contributed by atoms with E-state index in [0.29, 0.717) is 13.0 Å². The van der Waals surface area contributed by atoms with Crippen molar-refractivity contribution in [2.45, 2.75) is 36.7 Å². The highest BCUT2D eigenvalue weighted by Crippen LogP contribution is 2.23. The van der Waals surface area contributed by atoms with Gasteiger partial charge in [0.25, 0.3) is 0 Å². The summed E-state index contributed by atoms with van der Waals surface area (Å²) >= 11 is 0. The lowest BCUT2D eigenvalue weighted by molar-refractivity contribution is 0.0123. The maximum absolute atomic E-state index is 12.0. The second-order valence-corrected chi connectivity index (χ2v) is 6.66. The number of hydrogen-bond donors (Lipinski definition) is 3. The van der Waals surface area contributed by atoms with Crippen LogP contribution in [0.4, 0.5) is 5.69 Å². The number of aromatic hydroxyl groups is 1. The van der Waals surface area contributed by atoms with Crippen LogP contribution in [0.5, 0.6) is 5.75 Å². The van der Waals surface area contributed by atoms with Crippen LogP contribution in [-0.2, 0) is 14.8 Å². The van der Waals surface area contributed by atoms with Crippen molar-refractivity contribution in [1.82, 2.24) is 4.72 Å². The van der Waals surface area contributed by atoms with Gasteiger partial charge in [0.1, 0.15) is 5.75 Å². The van der Waals surface area contributed by atoms with Crippen molar-refractivity contribution in [3.63, 3.8) is 0 Å². The molecule has 1 aromatic carbocycles. The third-order valence-electron chi connectivity index (χ3n) is 3.34. The van der Waals surface area contributed by atoms with E-state index in [1.54, 1.807) is 0 Å². The normalized spacial score (nSPS) is 19.9. The zero-order chi connectivity index (χ0) is 14.6. The molecule has 1 aromatic rings. The van der Waals surface area contributed by atoms with Gasteiger partial charge in [0, 0.05) is 13.2 Å². The predicted molar refractivity (Wildman–Crippen MR) is 75.9 cm³/mol. The van der Waals surface area contributed by atoms with E-state index in [0.717, 1.165) is 25.9 Å². The Balaban J connectivity index is 1.91. The largest absolute Gasteiger partial charge is 0.506 e. The van der Waals surface area contributed by atoms with Gasteiger partial charge in [0.2, 0.25) is 10.0 Å². The molecule has 112 valence electrons. The number of nitrogens with two attached hydrogens (primary N) is 1. The van der Waals surface area contributed by atoms with Crippen LogP contribution < -0.4 is 10.5 Å². The third-order valence-corrected chi connectivity index (χ3v) is 4.80. The number of nitrogen functional groups attached to an aromatic ring is 1. The summed E-state index contributed by atoms with van der Waals surface area (Å²) in [6, 6.07) is 3.84. The first-order valence-electron chi connectivity index (χ1n) is 6.69. The van der Waals surface area contributed by atoms with Gasteiger partial charge >= 0.3 is 0 Å². The molecule has 1 unspecified atom stereocenters. The van der Waals surface area contributed by atoms with Crippen molar-refractivity contribution in [3.05, 3.63) is 18.2 Å². The molecule has 0 amide bonds. The number of anilines is 1. The van der Waals surface area contributed by atoms with Crippen molar-refractivity contribution in [1.29, 1.82) is 0 Å². The van der Waals surface area contributed by atoms with E-state index in [9.17, 15) is 13.5 Å². The fourth-order valence-electron chi connectivity index (χ4n) is 2.17. The minimum absolute atomic E-state index is 0.0449. The van der Waals surface area contributed by atoms with E-state index in [1.807, 2.05) is 0 Å². The molecule has 0 spiro atoms. The monoisotopic (exact) mass is 300 g/mol. The topological polar surface area (TPSA) is 102 Å². The van der Waals surface area contributed by atoms with Crippen LogP contribution in [0.1, 0.15) is 25.7 Å². The molecule has 1 fully saturated rings. The SMILES string of the molecule is Nc1cc(S(=O)(=O)NCCC2CCCCO2)ccc1O. The Labute approximate surface area is 119 Å². The van der Waals surface area contributed by atoms with Gasteiger partial charge in [-0.15, -0.1) is 0 Å². The Hall–Kier alpha value is -1.31. The number of nitrogens with one attached hydrogen (secondary N) is 1. The van der Waals surface area contributed by atoms with Crippen LogP contribution in [0.15, 0.2) is 23.1 Å². The van der Waals surface area contributed by atoms with E-state index < -0.39 is 10.0 Å². The zero-order valence-electron chi connectivity index (χ0n) is 11.2. The average Bonchev–Trinajstić information content (AvgIpc) is 2.43.